The normalized spacial score (nSPS) is 15.2. The highest BCUT2D eigenvalue weighted by Crippen LogP contribution is 2.17. The zero-order valence-corrected chi connectivity index (χ0v) is 16.5. The largest absolute Gasteiger partial charge is 0.467 e. The topological polar surface area (TPSA) is 79.0 Å². The number of likely N-dealkylation sites (tertiary alicyclic amines) is 1. The van der Waals surface area contributed by atoms with Gasteiger partial charge in [0, 0.05) is 38.2 Å². The van der Waals surface area contributed by atoms with E-state index in [9.17, 15) is 9.59 Å². The molecular weight excluding hydrogens is 356 g/mol. The minimum atomic E-state index is -0.644. The number of nitrogens with one attached hydrogen (secondary N) is 3. The first-order valence-electron chi connectivity index (χ1n) is 9.75. The Hall–Kier alpha value is -2.80. The summed E-state index contributed by atoms with van der Waals surface area (Å²) in [4.78, 5) is 27.8. The highest BCUT2D eigenvalue weighted by Gasteiger charge is 2.28. The van der Waals surface area contributed by atoms with Crippen molar-refractivity contribution in [3.63, 3.8) is 0 Å². The fraction of sp³-hybridized carbons (Fsp3) is 0.429. The van der Waals surface area contributed by atoms with E-state index < -0.39 is 11.8 Å². The van der Waals surface area contributed by atoms with Crippen molar-refractivity contribution in [2.24, 2.45) is 0 Å². The zero-order valence-electron chi connectivity index (χ0n) is 16.5. The first-order valence-corrected chi connectivity index (χ1v) is 9.75. The van der Waals surface area contributed by atoms with Gasteiger partial charge in [0.2, 0.25) is 0 Å². The molecule has 0 aliphatic carbocycles. The third-order valence-electron chi connectivity index (χ3n) is 5.23. The van der Waals surface area contributed by atoms with E-state index in [1.807, 2.05) is 14.1 Å². The van der Waals surface area contributed by atoms with Crippen molar-refractivity contribution in [1.29, 1.82) is 0 Å². The van der Waals surface area contributed by atoms with Crippen LogP contribution in [0, 0.1) is 0 Å². The van der Waals surface area contributed by atoms with Gasteiger partial charge in [0.05, 0.1) is 32.4 Å². The number of quaternary nitrogens is 1. The Labute approximate surface area is 165 Å². The van der Waals surface area contributed by atoms with Crippen LogP contribution in [0.15, 0.2) is 47.1 Å². The third kappa shape index (κ3) is 5.13. The Bertz CT molecular complexity index is 765. The van der Waals surface area contributed by atoms with Gasteiger partial charge in [-0.1, -0.05) is 12.1 Å². The minimum absolute atomic E-state index is 0.139. The van der Waals surface area contributed by atoms with Crippen LogP contribution in [-0.2, 0) is 16.1 Å². The van der Waals surface area contributed by atoms with Crippen LogP contribution in [0.4, 0.5) is 5.69 Å². The van der Waals surface area contributed by atoms with Crippen LogP contribution in [0.3, 0.4) is 0 Å². The summed E-state index contributed by atoms with van der Waals surface area (Å²) in [7, 11) is 4.03. The molecule has 7 heteroatoms. The molecule has 0 radical (unpaired) electrons. The summed E-state index contributed by atoms with van der Waals surface area (Å²) in [6, 6.07) is 12.1. The Kier molecular flexibility index (Phi) is 6.71. The van der Waals surface area contributed by atoms with Gasteiger partial charge in [0.15, 0.2) is 0 Å². The molecule has 28 heavy (non-hydrogen) atoms. The smallest absolute Gasteiger partial charge is 0.309 e. The van der Waals surface area contributed by atoms with Gasteiger partial charge in [-0.25, -0.2) is 0 Å². The number of rotatable bonds is 7. The molecule has 2 heterocycles. The molecular formula is C21H29N4O3+. The lowest BCUT2D eigenvalue weighted by Gasteiger charge is -2.25. The summed E-state index contributed by atoms with van der Waals surface area (Å²) >= 11 is 0. The molecule has 2 amide bonds. The van der Waals surface area contributed by atoms with Crippen LogP contribution in [0.5, 0.6) is 0 Å². The van der Waals surface area contributed by atoms with Gasteiger partial charge in [-0.15, -0.1) is 0 Å². The van der Waals surface area contributed by atoms with Crippen molar-refractivity contribution in [3.05, 3.63) is 54.0 Å². The van der Waals surface area contributed by atoms with Crippen LogP contribution in [0.1, 0.15) is 30.2 Å². The van der Waals surface area contributed by atoms with Gasteiger partial charge in [-0.3, -0.25) is 9.59 Å². The van der Waals surface area contributed by atoms with Crippen LogP contribution in [0.25, 0.3) is 0 Å². The van der Waals surface area contributed by atoms with Gasteiger partial charge in [-0.2, -0.15) is 0 Å². The summed E-state index contributed by atoms with van der Waals surface area (Å²) in [5, 5.41) is 5.39. The maximum atomic E-state index is 12.2. The Balaban J connectivity index is 1.59. The minimum Gasteiger partial charge on any atom is -0.467 e. The molecule has 7 nitrogen and oxygen atoms in total. The predicted octanol–water partition coefficient (Wildman–Crippen LogP) is 0.498. The average Bonchev–Trinajstić information content (AvgIpc) is 3.40. The fourth-order valence-corrected chi connectivity index (χ4v) is 3.62. The SMILES string of the molecule is CN(C)c1ccc([C@H](CNC(=O)C(=O)NCc2ccco2)[NH+]2CCCC2)cc1. The Morgan fingerprint density at radius 3 is 2.36 bits per heavy atom. The number of amides is 2. The second kappa shape index (κ2) is 9.41. The van der Waals surface area contributed by atoms with Gasteiger partial charge >= 0.3 is 11.8 Å². The van der Waals surface area contributed by atoms with Crippen molar-refractivity contribution >= 4 is 17.5 Å². The van der Waals surface area contributed by atoms with Crippen LogP contribution in [0.2, 0.25) is 0 Å². The van der Waals surface area contributed by atoms with Gasteiger partial charge in [-0.05, 0) is 24.3 Å². The zero-order chi connectivity index (χ0) is 19.9. The molecule has 1 atom stereocenters. The first-order chi connectivity index (χ1) is 13.5. The number of carbonyl (C=O) groups excluding carboxylic acids is 2. The molecule has 1 aliphatic heterocycles. The van der Waals surface area contributed by atoms with Crippen molar-refractivity contribution in [2.45, 2.75) is 25.4 Å². The molecule has 1 aromatic heterocycles. The Morgan fingerprint density at radius 2 is 1.75 bits per heavy atom. The van der Waals surface area contributed by atoms with Crippen molar-refractivity contribution in [2.75, 3.05) is 38.6 Å². The summed E-state index contributed by atoms with van der Waals surface area (Å²) in [5.41, 5.74) is 2.32. The number of nitrogens with zero attached hydrogens (tertiary/aromatic N) is 1. The quantitative estimate of drug-likeness (QED) is 0.607. The monoisotopic (exact) mass is 385 g/mol. The molecule has 1 fully saturated rings. The maximum absolute atomic E-state index is 12.2. The summed E-state index contributed by atoms with van der Waals surface area (Å²) in [6.45, 7) is 2.80. The van der Waals surface area contributed by atoms with Crippen LogP contribution >= 0.6 is 0 Å². The summed E-state index contributed by atoms with van der Waals surface area (Å²) < 4.78 is 5.16. The predicted molar refractivity (Wildman–Crippen MR) is 107 cm³/mol. The number of hydrogen-bond donors (Lipinski definition) is 3. The molecule has 3 rings (SSSR count). The van der Waals surface area contributed by atoms with E-state index in [0.29, 0.717) is 12.3 Å². The van der Waals surface area contributed by atoms with E-state index in [1.54, 1.807) is 12.1 Å². The first kappa shape index (κ1) is 19.9. The van der Waals surface area contributed by atoms with E-state index >= 15 is 0 Å². The number of anilines is 1. The lowest BCUT2D eigenvalue weighted by Crippen LogP contribution is -3.11. The summed E-state index contributed by atoms with van der Waals surface area (Å²) in [6.07, 6.45) is 3.92. The maximum Gasteiger partial charge on any atom is 0.309 e. The molecule has 2 aromatic rings. The highest BCUT2D eigenvalue weighted by atomic mass is 16.3. The molecule has 3 N–H and O–H groups in total. The Morgan fingerprint density at radius 1 is 1.07 bits per heavy atom. The molecule has 0 spiro atoms. The van der Waals surface area contributed by atoms with Gasteiger partial charge < -0.3 is 24.9 Å². The highest BCUT2D eigenvalue weighted by molar-refractivity contribution is 6.35. The fourth-order valence-electron chi connectivity index (χ4n) is 3.62. The molecule has 0 saturated carbocycles. The average molecular weight is 385 g/mol. The molecule has 1 aromatic carbocycles. The van der Waals surface area contributed by atoms with E-state index in [-0.39, 0.29) is 12.6 Å². The van der Waals surface area contributed by atoms with Crippen LogP contribution < -0.4 is 20.4 Å². The number of furan rings is 1. The molecule has 1 aliphatic rings. The lowest BCUT2D eigenvalue weighted by molar-refractivity contribution is -0.918. The molecule has 1 saturated heterocycles. The van der Waals surface area contributed by atoms with E-state index in [0.717, 1.165) is 18.8 Å². The molecule has 0 unspecified atom stereocenters. The van der Waals surface area contributed by atoms with Gasteiger partial charge in [0.1, 0.15) is 11.8 Å². The molecule has 150 valence electrons. The summed E-state index contributed by atoms with van der Waals surface area (Å²) in [5.74, 6) is -0.642. The standard InChI is InChI=1S/C21H28N4O3/c1-24(2)17-9-7-16(8-10-17)19(25-11-3-4-12-25)15-23-21(27)20(26)22-14-18-6-5-13-28-18/h5-10,13,19H,3-4,11-12,14-15H2,1-2H3,(H,22,26)(H,23,27)/p+1/t19-/m0/s1. The van der Waals surface area contributed by atoms with Crippen molar-refractivity contribution in [1.82, 2.24) is 10.6 Å². The van der Waals surface area contributed by atoms with Crippen molar-refractivity contribution in [3.8, 4) is 0 Å². The van der Waals surface area contributed by atoms with E-state index in [4.69, 9.17) is 4.42 Å². The van der Waals surface area contributed by atoms with Crippen LogP contribution in [-0.4, -0.2) is 45.5 Å². The second-order valence-corrected chi connectivity index (χ2v) is 7.38. The number of carbonyl (C=O) groups is 2. The lowest BCUT2D eigenvalue weighted by atomic mass is 10.0. The van der Waals surface area contributed by atoms with Gasteiger partial charge in [0.25, 0.3) is 0 Å². The number of hydrogen-bond acceptors (Lipinski definition) is 4. The third-order valence-corrected chi connectivity index (χ3v) is 5.23. The van der Waals surface area contributed by atoms with Crippen molar-refractivity contribution < 1.29 is 18.9 Å². The van der Waals surface area contributed by atoms with E-state index in [1.165, 1.54) is 29.6 Å². The number of benzene rings is 1. The van der Waals surface area contributed by atoms with E-state index in [2.05, 4.69) is 39.8 Å². The second-order valence-electron chi connectivity index (χ2n) is 7.38. The molecule has 0 bridgehead atoms.